The summed E-state index contributed by atoms with van der Waals surface area (Å²) in [5.41, 5.74) is 2.82. The number of hydrogen-bond donors (Lipinski definition) is 1. The summed E-state index contributed by atoms with van der Waals surface area (Å²) < 4.78 is 12.9. The molecular weight excluding hydrogens is 472 g/mol. The minimum Gasteiger partial charge on any atom is -0.493 e. The van der Waals surface area contributed by atoms with Crippen LogP contribution in [0.2, 0.25) is 0 Å². The van der Waals surface area contributed by atoms with E-state index in [4.69, 9.17) is 9.47 Å². The summed E-state index contributed by atoms with van der Waals surface area (Å²) in [6, 6.07) is 9.83. The molecule has 2 heterocycles. The summed E-state index contributed by atoms with van der Waals surface area (Å²) in [6.07, 6.45) is 4.37. The normalized spacial score (nSPS) is 14.3. The molecule has 2 aromatic carbocycles. The van der Waals surface area contributed by atoms with Gasteiger partial charge in [-0.15, -0.1) is 0 Å². The molecule has 0 unspecified atom stereocenters. The Morgan fingerprint density at radius 1 is 1.22 bits per heavy atom. The molecule has 1 aromatic heterocycles. The molecular formula is C24H25BrN4O3. The number of likely N-dealkylation sites (tertiary alicyclic amines) is 1. The van der Waals surface area contributed by atoms with Gasteiger partial charge in [-0.05, 0) is 42.8 Å². The number of methoxy groups -OCH3 is 1. The van der Waals surface area contributed by atoms with Crippen molar-refractivity contribution < 1.29 is 14.3 Å². The minimum absolute atomic E-state index is 0.00891. The van der Waals surface area contributed by atoms with Crippen LogP contribution in [0.15, 0.2) is 53.8 Å². The number of aromatic nitrogens is 2. The van der Waals surface area contributed by atoms with E-state index in [1.54, 1.807) is 12.0 Å². The van der Waals surface area contributed by atoms with Crippen LogP contribution in [0.1, 0.15) is 18.4 Å². The first kappa shape index (κ1) is 22.1. The van der Waals surface area contributed by atoms with E-state index in [1.165, 1.54) is 12.4 Å². The fourth-order valence-corrected chi connectivity index (χ4v) is 4.02. The zero-order valence-corrected chi connectivity index (χ0v) is 19.7. The fraction of sp³-hybridized carbons (Fsp3) is 0.292. The third kappa shape index (κ3) is 4.70. The Morgan fingerprint density at radius 2 is 2.00 bits per heavy atom. The lowest BCUT2D eigenvalue weighted by molar-refractivity contribution is -0.127. The van der Waals surface area contributed by atoms with Crippen LogP contribution >= 0.6 is 15.9 Å². The van der Waals surface area contributed by atoms with Gasteiger partial charge < -0.3 is 19.7 Å². The summed E-state index contributed by atoms with van der Waals surface area (Å²) in [6.45, 7) is 6.89. The van der Waals surface area contributed by atoms with Crippen LogP contribution in [0.25, 0.3) is 10.9 Å². The van der Waals surface area contributed by atoms with Crippen molar-refractivity contribution in [3.8, 4) is 11.5 Å². The monoisotopic (exact) mass is 496 g/mol. The van der Waals surface area contributed by atoms with Crippen LogP contribution < -0.4 is 14.8 Å². The van der Waals surface area contributed by atoms with Crippen LogP contribution in [-0.2, 0) is 4.79 Å². The van der Waals surface area contributed by atoms with Gasteiger partial charge in [0.05, 0.1) is 12.6 Å². The Labute approximate surface area is 195 Å². The number of hydrogen-bond acceptors (Lipinski definition) is 6. The molecule has 32 heavy (non-hydrogen) atoms. The maximum absolute atomic E-state index is 11.8. The second kappa shape index (κ2) is 9.56. The van der Waals surface area contributed by atoms with Crippen LogP contribution in [0.4, 0.5) is 11.5 Å². The van der Waals surface area contributed by atoms with E-state index in [9.17, 15) is 4.79 Å². The summed E-state index contributed by atoms with van der Waals surface area (Å²) in [5, 5.41) is 4.22. The van der Waals surface area contributed by atoms with E-state index in [1.807, 2.05) is 31.2 Å². The fourth-order valence-electron chi connectivity index (χ4n) is 3.78. The molecule has 0 radical (unpaired) electrons. The average molecular weight is 497 g/mol. The third-order valence-electron chi connectivity index (χ3n) is 5.56. The predicted molar refractivity (Wildman–Crippen MR) is 129 cm³/mol. The molecule has 7 nitrogen and oxygen atoms in total. The Morgan fingerprint density at radius 3 is 2.69 bits per heavy atom. The number of anilines is 2. The van der Waals surface area contributed by atoms with Gasteiger partial charge in [0.15, 0.2) is 11.5 Å². The van der Waals surface area contributed by atoms with Gasteiger partial charge in [0.25, 0.3) is 0 Å². The molecule has 166 valence electrons. The van der Waals surface area contributed by atoms with Crippen LogP contribution in [0, 0.1) is 6.92 Å². The zero-order chi connectivity index (χ0) is 22.7. The van der Waals surface area contributed by atoms with Crippen LogP contribution in [0.3, 0.4) is 0 Å². The highest BCUT2D eigenvalue weighted by Crippen LogP contribution is 2.36. The summed E-state index contributed by atoms with van der Waals surface area (Å²) in [4.78, 5) is 22.5. The van der Waals surface area contributed by atoms with Crippen molar-refractivity contribution in [2.75, 3.05) is 25.5 Å². The Bertz CT molecular complexity index is 1160. The van der Waals surface area contributed by atoms with Gasteiger partial charge in [-0.25, -0.2) is 9.97 Å². The van der Waals surface area contributed by atoms with Gasteiger partial charge in [-0.2, -0.15) is 0 Å². The zero-order valence-electron chi connectivity index (χ0n) is 18.1. The number of carbonyl (C=O) groups excluding carboxylic acids is 1. The minimum atomic E-state index is -0.0391. The second-order valence-corrected chi connectivity index (χ2v) is 8.53. The largest absolute Gasteiger partial charge is 0.493 e. The first-order chi connectivity index (χ1) is 15.5. The molecule has 1 aliphatic rings. The van der Waals surface area contributed by atoms with E-state index < -0.39 is 0 Å². The molecule has 0 bridgehead atoms. The Kier molecular flexibility index (Phi) is 6.60. The molecule has 1 N–H and O–H groups in total. The molecule has 1 amide bonds. The lowest BCUT2D eigenvalue weighted by atomic mass is 10.1. The molecule has 0 atom stereocenters. The molecule has 8 heteroatoms. The smallest absolute Gasteiger partial charge is 0.245 e. The molecule has 0 aliphatic carbocycles. The number of amides is 1. The number of fused-ring (bicyclic) bond motifs is 1. The molecule has 1 aliphatic heterocycles. The topological polar surface area (TPSA) is 76.6 Å². The highest BCUT2D eigenvalue weighted by molar-refractivity contribution is 9.10. The lowest BCUT2D eigenvalue weighted by Crippen LogP contribution is -2.41. The number of halogens is 1. The lowest BCUT2D eigenvalue weighted by Gasteiger charge is -2.31. The number of carbonyl (C=O) groups is 1. The molecule has 4 rings (SSSR count). The summed E-state index contributed by atoms with van der Waals surface area (Å²) in [7, 11) is 1.62. The van der Waals surface area contributed by atoms with Gasteiger partial charge in [-0.3, -0.25) is 4.79 Å². The van der Waals surface area contributed by atoms with Gasteiger partial charge in [0, 0.05) is 47.5 Å². The Balaban J connectivity index is 1.60. The number of benzene rings is 2. The molecule has 1 saturated heterocycles. The van der Waals surface area contributed by atoms with E-state index in [2.05, 4.69) is 43.9 Å². The number of piperidine rings is 1. The average Bonchev–Trinajstić information content (AvgIpc) is 2.81. The van der Waals surface area contributed by atoms with Crippen molar-refractivity contribution in [1.82, 2.24) is 14.9 Å². The number of nitrogens with one attached hydrogen (secondary N) is 1. The number of aryl methyl sites for hydroxylation is 1. The second-order valence-electron chi connectivity index (χ2n) is 7.68. The quantitative estimate of drug-likeness (QED) is 0.483. The van der Waals surface area contributed by atoms with Crippen molar-refractivity contribution in [1.29, 1.82) is 0 Å². The van der Waals surface area contributed by atoms with Gasteiger partial charge in [0.1, 0.15) is 18.2 Å². The first-order valence-electron chi connectivity index (χ1n) is 10.4. The molecule has 1 fully saturated rings. The van der Waals surface area contributed by atoms with E-state index in [-0.39, 0.29) is 12.0 Å². The number of nitrogens with zero attached hydrogens (tertiary/aromatic N) is 3. The van der Waals surface area contributed by atoms with Crippen molar-refractivity contribution >= 4 is 44.2 Å². The van der Waals surface area contributed by atoms with E-state index in [0.29, 0.717) is 30.4 Å². The van der Waals surface area contributed by atoms with Gasteiger partial charge >= 0.3 is 0 Å². The highest BCUT2D eigenvalue weighted by Gasteiger charge is 2.24. The maximum atomic E-state index is 11.8. The molecule has 0 spiro atoms. The van der Waals surface area contributed by atoms with Crippen LogP contribution in [-0.4, -0.2) is 47.1 Å². The van der Waals surface area contributed by atoms with Crippen molar-refractivity contribution in [3.63, 3.8) is 0 Å². The summed E-state index contributed by atoms with van der Waals surface area (Å²) >= 11 is 3.53. The van der Waals surface area contributed by atoms with E-state index >= 15 is 0 Å². The standard InChI is InChI=1S/C24H25BrN4O3/c1-4-23(30)29-9-7-17(8-10-29)32-22-12-18-20(13-21(22)31-3)26-14-27-24(18)28-16-5-6-19(25)15(2)11-16/h4-6,11-14,17H,1,7-10H2,2-3H3,(H,26,27,28). The molecule has 0 saturated carbocycles. The van der Waals surface area contributed by atoms with Crippen molar-refractivity contribution in [2.45, 2.75) is 25.9 Å². The summed E-state index contributed by atoms with van der Waals surface area (Å²) in [5.74, 6) is 1.91. The van der Waals surface area contributed by atoms with Gasteiger partial charge in [0.2, 0.25) is 5.91 Å². The SMILES string of the molecule is C=CC(=O)N1CCC(Oc2cc3c(Nc4ccc(Br)c(C)c4)ncnc3cc2OC)CC1. The van der Waals surface area contributed by atoms with E-state index in [0.717, 1.165) is 39.5 Å². The van der Waals surface area contributed by atoms with Crippen molar-refractivity contribution in [3.05, 3.63) is 59.4 Å². The Hall–Kier alpha value is -3.13. The predicted octanol–water partition coefficient (Wildman–Crippen LogP) is 5.01. The van der Waals surface area contributed by atoms with Crippen LogP contribution in [0.5, 0.6) is 11.5 Å². The number of ether oxygens (including phenoxy) is 2. The number of rotatable bonds is 6. The van der Waals surface area contributed by atoms with Gasteiger partial charge in [-0.1, -0.05) is 22.5 Å². The molecule has 3 aromatic rings. The highest BCUT2D eigenvalue weighted by atomic mass is 79.9. The van der Waals surface area contributed by atoms with Crippen molar-refractivity contribution in [2.24, 2.45) is 0 Å². The maximum Gasteiger partial charge on any atom is 0.245 e. The first-order valence-corrected chi connectivity index (χ1v) is 11.2. The third-order valence-corrected chi connectivity index (χ3v) is 6.45.